The van der Waals surface area contributed by atoms with Crippen LogP contribution in [-0.4, -0.2) is 62.6 Å². The summed E-state index contributed by atoms with van der Waals surface area (Å²) in [7, 11) is 7.73. The fraction of sp³-hybridized carbons (Fsp3) is 0.500. The summed E-state index contributed by atoms with van der Waals surface area (Å²) in [6, 6.07) is 9.56. The number of hydrogen-bond acceptors (Lipinski definition) is 4. The lowest BCUT2D eigenvalue weighted by Gasteiger charge is -2.20. The van der Waals surface area contributed by atoms with E-state index in [2.05, 4.69) is 0 Å². The summed E-state index contributed by atoms with van der Waals surface area (Å²) in [4.78, 5) is 29.7. The molecule has 1 rings (SSSR count). The van der Waals surface area contributed by atoms with Crippen LogP contribution in [0.2, 0.25) is 0 Å². The fourth-order valence-electron chi connectivity index (χ4n) is 2.77. The van der Waals surface area contributed by atoms with Crippen LogP contribution in [0.3, 0.4) is 0 Å². The number of benzene rings is 1. The second-order valence-electron chi connectivity index (χ2n) is 7.02. The number of nitrogens with zero attached hydrogens (tertiary/aromatic N) is 2. The molecule has 0 saturated heterocycles. The summed E-state index contributed by atoms with van der Waals surface area (Å²) in [5, 5.41) is 0. The Balaban J connectivity index is 3.14. The van der Waals surface area contributed by atoms with E-state index in [0.29, 0.717) is 18.7 Å². The number of carbonyl (C=O) groups is 2. The fourth-order valence-corrected chi connectivity index (χ4v) is 2.77. The molecule has 0 bridgehead atoms. The van der Waals surface area contributed by atoms with Crippen molar-refractivity contribution in [1.29, 1.82) is 0 Å². The molecule has 132 valence electrons. The van der Waals surface area contributed by atoms with Crippen LogP contribution in [0.5, 0.6) is 0 Å². The van der Waals surface area contributed by atoms with Crippen molar-refractivity contribution in [3.05, 3.63) is 41.5 Å². The molecule has 0 N–H and O–H groups in total. The highest BCUT2D eigenvalue weighted by Gasteiger charge is 2.27. The molecule has 0 fully saturated rings. The van der Waals surface area contributed by atoms with Crippen molar-refractivity contribution in [2.75, 3.05) is 41.3 Å². The quantitative estimate of drug-likeness (QED) is 0.396. The highest BCUT2D eigenvalue weighted by atomic mass is 16.1. The van der Waals surface area contributed by atoms with Gasteiger partial charge in [-0.05, 0) is 39.8 Å². The van der Waals surface area contributed by atoms with Gasteiger partial charge < -0.3 is 9.80 Å². The molecule has 0 aliphatic heterocycles. The molecular weight excluding hydrogens is 300 g/mol. The van der Waals surface area contributed by atoms with Crippen molar-refractivity contribution < 1.29 is 9.59 Å². The van der Waals surface area contributed by atoms with E-state index < -0.39 is 0 Å². The van der Waals surface area contributed by atoms with Crippen LogP contribution in [0.15, 0.2) is 35.9 Å². The zero-order valence-corrected chi connectivity index (χ0v) is 15.7. The molecule has 4 heteroatoms. The molecule has 0 aromatic heterocycles. The summed E-state index contributed by atoms with van der Waals surface area (Å²) in [6.45, 7) is 5.01. The summed E-state index contributed by atoms with van der Waals surface area (Å²) < 4.78 is 0. The van der Waals surface area contributed by atoms with Crippen LogP contribution in [0.1, 0.15) is 19.4 Å². The van der Waals surface area contributed by atoms with Crippen molar-refractivity contribution in [2.24, 2.45) is 11.8 Å². The van der Waals surface area contributed by atoms with E-state index in [1.54, 1.807) is 6.08 Å². The largest absolute Gasteiger partial charge is 0.309 e. The van der Waals surface area contributed by atoms with Gasteiger partial charge in [-0.1, -0.05) is 44.2 Å². The highest BCUT2D eigenvalue weighted by molar-refractivity contribution is 6.24. The van der Waals surface area contributed by atoms with E-state index in [0.717, 1.165) is 5.56 Å². The van der Waals surface area contributed by atoms with Gasteiger partial charge in [0.05, 0.1) is 5.57 Å². The minimum atomic E-state index is -0.217. The lowest BCUT2D eigenvalue weighted by atomic mass is 9.89. The Morgan fingerprint density at radius 1 is 0.875 bits per heavy atom. The van der Waals surface area contributed by atoms with Crippen LogP contribution in [0.4, 0.5) is 0 Å². The van der Waals surface area contributed by atoms with Crippen LogP contribution >= 0.6 is 0 Å². The number of Topliss-reactive ketones (excluding diaryl/α,β-unsaturated/α-hetero) is 2. The van der Waals surface area contributed by atoms with Crippen LogP contribution in [0, 0.1) is 11.8 Å². The molecule has 2 atom stereocenters. The minimum absolute atomic E-state index is 0.0804. The smallest absolute Gasteiger partial charge is 0.170 e. The molecule has 0 heterocycles. The topological polar surface area (TPSA) is 40.6 Å². The number of hydrogen-bond donors (Lipinski definition) is 0. The molecule has 0 aliphatic carbocycles. The average molecular weight is 330 g/mol. The lowest BCUT2D eigenvalue weighted by molar-refractivity contribution is -0.125. The van der Waals surface area contributed by atoms with Crippen LogP contribution < -0.4 is 0 Å². The average Bonchev–Trinajstić information content (AvgIpc) is 2.51. The van der Waals surface area contributed by atoms with Gasteiger partial charge in [-0.2, -0.15) is 0 Å². The molecule has 0 aliphatic rings. The predicted octanol–water partition coefficient (Wildman–Crippen LogP) is 2.60. The van der Waals surface area contributed by atoms with Gasteiger partial charge in [0.1, 0.15) is 0 Å². The maximum absolute atomic E-state index is 12.9. The molecule has 1 aromatic carbocycles. The van der Waals surface area contributed by atoms with Crippen molar-refractivity contribution >= 4 is 17.6 Å². The van der Waals surface area contributed by atoms with E-state index in [9.17, 15) is 9.59 Å². The first-order valence-electron chi connectivity index (χ1n) is 8.37. The van der Waals surface area contributed by atoms with E-state index >= 15 is 0 Å². The molecular formula is C20H30N2O2. The summed E-state index contributed by atoms with van der Waals surface area (Å²) in [5.41, 5.74) is 1.19. The Morgan fingerprint density at radius 2 is 1.29 bits per heavy atom. The molecule has 4 nitrogen and oxygen atoms in total. The number of carbonyl (C=O) groups excluding carboxylic acids is 2. The second-order valence-corrected chi connectivity index (χ2v) is 7.02. The Kier molecular flexibility index (Phi) is 8.02. The highest BCUT2D eigenvalue weighted by Crippen LogP contribution is 2.18. The maximum atomic E-state index is 12.9. The van der Waals surface area contributed by atoms with E-state index in [1.165, 1.54) is 0 Å². The van der Waals surface area contributed by atoms with E-state index in [1.807, 2.05) is 82.2 Å². The lowest BCUT2D eigenvalue weighted by Crippen LogP contribution is -2.33. The second kappa shape index (κ2) is 9.50. The first-order valence-corrected chi connectivity index (χ1v) is 8.37. The van der Waals surface area contributed by atoms with Crippen molar-refractivity contribution in [1.82, 2.24) is 9.80 Å². The third kappa shape index (κ3) is 6.38. The molecule has 0 amide bonds. The Morgan fingerprint density at radius 3 is 1.67 bits per heavy atom. The summed E-state index contributed by atoms with van der Waals surface area (Å²) in [5.74, 6) is -0.595. The first-order chi connectivity index (χ1) is 11.2. The molecule has 0 unspecified atom stereocenters. The SMILES string of the molecule is C[C@H](CN(C)C)C(=O)C(=Cc1ccccc1)C(=O)[C@H](C)CN(C)C. The van der Waals surface area contributed by atoms with Crippen molar-refractivity contribution in [3.8, 4) is 0 Å². The third-order valence-electron chi connectivity index (χ3n) is 3.81. The van der Waals surface area contributed by atoms with Gasteiger partial charge in [-0.15, -0.1) is 0 Å². The Bertz CT molecular complexity index is 547. The Labute approximate surface area is 146 Å². The Hall–Kier alpha value is -1.78. The van der Waals surface area contributed by atoms with Gasteiger partial charge in [0, 0.05) is 24.9 Å². The molecule has 24 heavy (non-hydrogen) atoms. The maximum Gasteiger partial charge on any atom is 0.170 e. The first kappa shape index (κ1) is 20.3. The van der Waals surface area contributed by atoms with Crippen molar-refractivity contribution in [2.45, 2.75) is 13.8 Å². The number of rotatable bonds is 9. The molecule has 0 radical (unpaired) electrons. The van der Waals surface area contributed by atoms with Gasteiger partial charge in [0.15, 0.2) is 11.6 Å². The number of ketones is 2. The predicted molar refractivity (Wildman–Crippen MR) is 99.9 cm³/mol. The van der Waals surface area contributed by atoms with E-state index in [4.69, 9.17) is 0 Å². The zero-order chi connectivity index (χ0) is 18.3. The van der Waals surface area contributed by atoms with Crippen LogP contribution in [-0.2, 0) is 9.59 Å². The minimum Gasteiger partial charge on any atom is -0.309 e. The molecule has 1 aromatic rings. The van der Waals surface area contributed by atoms with Gasteiger partial charge in [-0.25, -0.2) is 0 Å². The van der Waals surface area contributed by atoms with Gasteiger partial charge in [-0.3, -0.25) is 9.59 Å². The van der Waals surface area contributed by atoms with E-state index in [-0.39, 0.29) is 23.4 Å². The zero-order valence-electron chi connectivity index (χ0n) is 15.7. The summed E-state index contributed by atoms with van der Waals surface area (Å²) >= 11 is 0. The van der Waals surface area contributed by atoms with Crippen molar-refractivity contribution in [3.63, 3.8) is 0 Å². The van der Waals surface area contributed by atoms with Gasteiger partial charge in [0.2, 0.25) is 0 Å². The molecule has 0 spiro atoms. The van der Waals surface area contributed by atoms with Gasteiger partial charge >= 0.3 is 0 Å². The normalized spacial score (nSPS) is 13.7. The third-order valence-corrected chi connectivity index (χ3v) is 3.81. The van der Waals surface area contributed by atoms with Crippen LogP contribution in [0.25, 0.3) is 6.08 Å². The standard InChI is InChI=1S/C20H30N2O2/c1-15(13-21(3)4)19(23)18(12-17-10-8-7-9-11-17)20(24)16(2)14-22(5)6/h7-12,15-16H,13-14H2,1-6H3/t15-,16-/m1/s1. The molecule has 0 saturated carbocycles. The van der Waals surface area contributed by atoms with Gasteiger partial charge in [0.25, 0.3) is 0 Å². The monoisotopic (exact) mass is 330 g/mol. The number of allylic oxidation sites excluding steroid dienone is 1. The summed E-state index contributed by atoms with van der Waals surface area (Å²) in [6.07, 6.45) is 1.74.